The molecule has 0 spiro atoms. The van der Waals surface area contributed by atoms with Crippen LogP contribution in [0, 0.1) is 0 Å². The molecule has 3 rings (SSSR count). The van der Waals surface area contributed by atoms with E-state index in [0.717, 1.165) is 11.3 Å². The lowest BCUT2D eigenvalue weighted by Crippen LogP contribution is -2.61. The van der Waals surface area contributed by atoms with Gasteiger partial charge in [0.05, 0.1) is 5.41 Å². The van der Waals surface area contributed by atoms with Crippen molar-refractivity contribution >= 4 is 11.6 Å². The summed E-state index contributed by atoms with van der Waals surface area (Å²) < 4.78 is 0. The van der Waals surface area contributed by atoms with Crippen molar-refractivity contribution in [2.45, 2.75) is 44.3 Å². The average molecular weight is 259 g/mol. The fraction of sp³-hybridized carbons (Fsp3) is 0.533. The molecule has 0 bridgehead atoms. The van der Waals surface area contributed by atoms with Gasteiger partial charge in [0.15, 0.2) is 5.66 Å². The zero-order chi connectivity index (χ0) is 14.1. The summed E-state index contributed by atoms with van der Waals surface area (Å²) in [5.74, 6) is -0.0151. The Balaban J connectivity index is 2.15. The molecule has 1 fully saturated rings. The van der Waals surface area contributed by atoms with Crippen molar-refractivity contribution in [1.82, 2.24) is 4.90 Å². The van der Waals surface area contributed by atoms with Gasteiger partial charge in [0.1, 0.15) is 0 Å². The summed E-state index contributed by atoms with van der Waals surface area (Å²) in [6.07, 6.45) is 0. The van der Waals surface area contributed by atoms with E-state index in [-0.39, 0.29) is 16.9 Å². The van der Waals surface area contributed by atoms with E-state index >= 15 is 0 Å². The number of nitrogens with zero attached hydrogens (tertiary/aromatic N) is 1. The molecule has 4 heteroatoms. The molecule has 0 aromatic heterocycles. The zero-order valence-electron chi connectivity index (χ0n) is 11.9. The van der Waals surface area contributed by atoms with Gasteiger partial charge in [-0.1, -0.05) is 18.2 Å². The van der Waals surface area contributed by atoms with Gasteiger partial charge in [-0.05, 0) is 39.3 Å². The highest BCUT2D eigenvalue weighted by atomic mass is 16.2. The van der Waals surface area contributed by atoms with E-state index in [1.165, 1.54) is 0 Å². The molecule has 2 atom stereocenters. The molecule has 1 amide bonds. The van der Waals surface area contributed by atoms with Crippen LogP contribution >= 0.6 is 0 Å². The van der Waals surface area contributed by atoms with Gasteiger partial charge in [0.2, 0.25) is 0 Å². The van der Waals surface area contributed by atoms with Crippen LogP contribution in [0.1, 0.15) is 33.3 Å². The quantitative estimate of drug-likeness (QED) is 0.745. The maximum Gasteiger partial charge on any atom is 0.264 e. The van der Waals surface area contributed by atoms with Crippen molar-refractivity contribution in [3.63, 3.8) is 0 Å². The number of para-hydroxylation sites is 1. The van der Waals surface area contributed by atoms with Gasteiger partial charge >= 0.3 is 0 Å². The van der Waals surface area contributed by atoms with Gasteiger partial charge in [-0.25, -0.2) is 0 Å². The fourth-order valence-corrected chi connectivity index (χ4v) is 3.28. The van der Waals surface area contributed by atoms with E-state index in [4.69, 9.17) is 5.73 Å². The van der Waals surface area contributed by atoms with Crippen LogP contribution in [0.25, 0.3) is 0 Å². The molecule has 0 aliphatic carbocycles. The summed E-state index contributed by atoms with van der Waals surface area (Å²) in [5.41, 5.74) is 6.98. The van der Waals surface area contributed by atoms with Gasteiger partial charge in [-0.2, -0.15) is 0 Å². The SMILES string of the molecule is CC(C)(C)N1C[C@]2(C)c3ccccc3N[C@]2(N)C1=O. The zero-order valence-corrected chi connectivity index (χ0v) is 11.9. The Bertz CT molecular complexity index is 563. The summed E-state index contributed by atoms with van der Waals surface area (Å²) in [5, 5.41) is 3.25. The molecule has 3 N–H and O–H groups in total. The maximum absolute atomic E-state index is 12.8. The Hall–Kier alpha value is -1.55. The van der Waals surface area contributed by atoms with Gasteiger partial charge in [0.25, 0.3) is 5.91 Å². The molecule has 0 saturated carbocycles. The standard InChI is InChI=1S/C15H21N3O/c1-13(2,3)18-9-14(4)10-7-5-6-8-11(10)17-15(14,16)12(18)19/h5-8,17H,9,16H2,1-4H3/t14-,15-/m1/s1. The number of hydrogen-bond donors (Lipinski definition) is 2. The predicted octanol–water partition coefficient (Wildman–Crippen LogP) is 1.67. The number of hydrogen-bond acceptors (Lipinski definition) is 3. The van der Waals surface area contributed by atoms with E-state index < -0.39 is 5.66 Å². The molecule has 1 aromatic carbocycles. The second-order valence-electron chi connectivity index (χ2n) is 6.87. The third kappa shape index (κ3) is 1.35. The molecule has 102 valence electrons. The van der Waals surface area contributed by atoms with Crippen molar-refractivity contribution in [2.24, 2.45) is 5.73 Å². The van der Waals surface area contributed by atoms with Gasteiger partial charge in [-0.15, -0.1) is 0 Å². The summed E-state index contributed by atoms with van der Waals surface area (Å²) in [6.45, 7) is 8.87. The third-order valence-corrected chi connectivity index (χ3v) is 4.59. The number of rotatable bonds is 0. The van der Waals surface area contributed by atoms with Crippen LogP contribution in [0.3, 0.4) is 0 Å². The number of nitrogens with two attached hydrogens (primary N) is 1. The lowest BCUT2D eigenvalue weighted by Gasteiger charge is -2.33. The van der Waals surface area contributed by atoms with Crippen molar-refractivity contribution in [3.8, 4) is 0 Å². The van der Waals surface area contributed by atoms with Crippen molar-refractivity contribution in [3.05, 3.63) is 29.8 Å². The van der Waals surface area contributed by atoms with Crippen LogP contribution in [-0.2, 0) is 10.2 Å². The predicted molar refractivity (Wildman–Crippen MR) is 75.8 cm³/mol. The first-order chi connectivity index (χ1) is 8.70. The van der Waals surface area contributed by atoms with Gasteiger partial charge < -0.3 is 16.0 Å². The van der Waals surface area contributed by atoms with Gasteiger partial charge in [0, 0.05) is 17.8 Å². The fourth-order valence-electron chi connectivity index (χ4n) is 3.28. The van der Waals surface area contributed by atoms with E-state index in [9.17, 15) is 4.79 Å². The highest BCUT2D eigenvalue weighted by Crippen LogP contribution is 2.51. The molecule has 1 aromatic rings. The molecular formula is C15H21N3O. The number of amides is 1. The first-order valence-corrected chi connectivity index (χ1v) is 6.69. The molecule has 0 unspecified atom stereocenters. The van der Waals surface area contributed by atoms with E-state index in [1.807, 2.05) is 43.9 Å². The van der Waals surface area contributed by atoms with Crippen LogP contribution in [0.2, 0.25) is 0 Å². The number of carbonyl (C=O) groups is 1. The highest BCUT2D eigenvalue weighted by Gasteiger charge is 2.65. The molecule has 1 saturated heterocycles. The topological polar surface area (TPSA) is 58.4 Å². The van der Waals surface area contributed by atoms with E-state index in [2.05, 4.69) is 18.3 Å². The van der Waals surface area contributed by atoms with Crippen LogP contribution in [0.5, 0.6) is 0 Å². The van der Waals surface area contributed by atoms with Crippen molar-refractivity contribution in [1.29, 1.82) is 0 Å². The molecule has 19 heavy (non-hydrogen) atoms. The second-order valence-corrected chi connectivity index (χ2v) is 6.87. The minimum absolute atomic E-state index is 0.0151. The lowest BCUT2D eigenvalue weighted by molar-refractivity contribution is -0.135. The van der Waals surface area contributed by atoms with Crippen LogP contribution in [-0.4, -0.2) is 28.6 Å². The number of carbonyl (C=O) groups excluding carboxylic acids is 1. The van der Waals surface area contributed by atoms with Crippen molar-refractivity contribution < 1.29 is 4.79 Å². The van der Waals surface area contributed by atoms with Crippen LogP contribution < -0.4 is 11.1 Å². The summed E-state index contributed by atoms with van der Waals surface area (Å²) >= 11 is 0. The average Bonchev–Trinajstić information content (AvgIpc) is 2.66. The molecule has 0 radical (unpaired) electrons. The maximum atomic E-state index is 12.8. The number of benzene rings is 1. The van der Waals surface area contributed by atoms with Crippen LogP contribution in [0.4, 0.5) is 5.69 Å². The van der Waals surface area contributed by atoms with E-state index in [0.29, 0.717) is 6.54 Å². The second kappa shape index (κ2) is 3.31. The monoisotopic (exact) mass is 259 g/mol. The molecule has 2 aliphatic rings. The Morgan fingerprint density at radius 3 is 2.58 bits per heavy atom. The first kappa shape index (κ1) is 12.5. The molecular weight excluding hydrogens is 238 g/mol. The molecule has 4 nitrogen and oxygen atoms in total. The molecule has 2 heterocycles. The van der Waals surface area contributed by atoms with Crippen molar-refractivity contribution in [2.75, 3.05) is 11.9 Å². The minimum Gasteiger partial charge on any atom is -0.359 e. The number of fused-ring (bicyclic) bond motifs is 3. The Morgan fingerprint density at radius 1 is 1.32 bits per heavy atom. The Morgan fingerprint density at radius 2 is 1.95 bits per heavy atom. The largest absolute Gasteiger partial charge is 0.359 e. The minimum atomic E-state index is -1.02. The van der Waals surface area contributed by atoms with Crippen LogP contribution in [0.15, 0.2) is 24.3 Å². The first-order valence-electron chi connectivity index (χ1n) is 6.69. The normalized spacial score (nSPS) is 33.1. The summed E-state index contributed by atoms with van der Waals surface area (Å²) in [7, 11) is 0. The smallest absolute Gasteiger partial charge is 0.264 e. The Kier molecular flexibility index (Phi) is 2.17. The molecule has 2 aliphatic heterocycles. The Labute approximate surface area is 114 Å². The van der Waals surface area contributed by atoms with Gasteiger partial charge in [-0.3, -0.25) is 4.79 Å². The summed E-state index contributed by atoms with van der Waals surface area (Å²) in [4.78, 5) is 14.7. The summed E-state index contributed by atoms with van der Waals surface area (Å²) in [6, 6.07) is 8.02. The highest BCUT2D eigenvalue weighted by molar-refractivity contribution is 5.97. The number of nitrogens with one attached hydrogen (secondary N) is 1. The lowest BCUT2D eigenvalue weighted by atomic mass is 9.77. The van der Waals surface area contributed by atoms with E-state index in [1.54, 1.807) is 0 Å². The third-order valence-electron chi connectivity index (χ3n) is 4.59. The number of anilines is 1. The number of likely N-dealkylation sites (tertiary alicyclic amines) is 1.